The van der Waals surface area contributed by atoms with Crippen LogP contribution in [0.4, 0.5) is 8.78 Å². The fraction of sp³-hybridized carbons (Fsp3) is 0.769. The number of fused-ring (bicyclic) bond motifs is 1. The third kappa shape index (κ3) is 4.49. The number of halogens is 2. The van der Waals surface area contributed by atoms with Crippen molar-refractivity contribution in [1.29, 1.82) is 0 Å². The van der Waals surface area contributed by atoms with Crippen molar-refractivity contribution in [3.05, 3.63) is 29.3 Å². The third-order valence-electron chi connectivity index (χ3n) is 8.65. The highest BCUT2D eigenvalue weighted by Gasteiger charge is 2.39. The molecule has 3 heteroatoms. The molecular formula is C26H38F2O. The first-order valence-electron chi connectivity index (χ1n) is 12.1. The molecule has 3 saturated carbocycles. The van der Waals surface area contributed by atoms with Crippen molar-refractivity contribution in [2.45, 2.75) is 89.9 Å². The van der Waals surface area contributed by atoms with E-state index in [1.165, 1.54) is 71.3 Å². The lowest BCUT2D eigenvalue weighted by molar-refractivity contribution is 0.0707. The first-order valence-corrected chi connectivity index (χ1v) is 12.1. The Hall–Kier alpha value is -1.12. The minimum Gasteiger partial charge on any atom is -0.494 e. The minimum absolute atomic E-state index is 0.00843. The normalized spacial score (nSPS) is 35.2. The monoisotopic (exact) mass is 404 g/mol. The quantitative estimate of drug-likeness (QED) is 0.485. The molecular weight excluding hydrogens is 366 g/mol. The predicted octanol–water partition coefficient (Wildman–Crippen LogP) is 7.88. The molecule has 1 aromatic rings. The van der Waals surface area contributed by atoms with Crippen molar-refractivity contribution in [1.82, 2.24) is 0 Å². The fourth-order valence-corrected chi connectivity index (χ4v) is 7.01. The van der Waals surface area contributed by atoms with Crippen LogP contribution in [0.15, 0.2) is 12.1 Å². The Balaban J connectivity index is 1.34. The Morgan fingerprint density at radius 3 is 2.10 bits per heavy atom. The molecule has 0 amide bonds. The highest BCUT2D eigenvalue weighted by Crippen LogP contribution is 2.51. The Morgan fingerprint density at radius 2 is 1.41 bits per heavy atom. The maximum atomic E-state index is 14.6. The van der Waals surface area contributed by atoms with Gasteiger partial charge in [-0.15, -0.1) is 0 Å². The summed E-state index contributed by atoms with van der Waals surface area (Å²) >= 11 is 0. The van der Waals surface area contributed by atoms with Gasteiger partial charge >= 0.3 is 0 Å². The summed E-state index contributed by atoms with van der Waals surface area (Å²) in [5.41, 5.74) is 0.568. The second kappa shape index (κ2) is 9.35. The molecule has 0 spiro atoms. The van der Waals surface area contributed by atoms with E-state index < -0.39 is 11.6 Å². The molecule has 3 fully saturated rings. The number of hydrogen-bond donors (Lipinski definition) is 0. The molecule has 1 aromatic carbocycles. The van der Waals surface area contributed by atoms with Gasteiger partial charge in [-0.25, -0.2) is 4.39 Å². The molecule has 0 N–H and O–H groups in total. The molecule has 0 radical (unpaired) electrons. The fourth-order valence-electron chi connectivity index (χ4n) is 7.01. The van der Waals surface area contributed by atoms with Gasteiger partial charge in [-0.3, -0.25) is 0 Å². The first-order chi connectivity index (χ1) is 14.1. The Morgan fingerprint density at radius 1 is 0.793 bits per heavy atom. The van der Waals surface area contributed by atoms with Crippen LogP contribution in [0.5, 0.6) is 5.75 Å². The van der Waals surface area contributed by atoms with Crippen LogP contribution in [0.1, 0.15) is 95.5 Å². The highest BCUT2D eigenvalue weighted by atomic mass is 19.2. The van der Waals surface area contributed by atoms with E-state index in [0.29, 0.717) is 11.5 Å². The van der Waals surface area contributed by atoms with Gasteiger partial charge in [0.15, 0.2) is 11.6 Å². The Kier molecular flexibility index (Phi) is 6.81. The summed E-state index contributed by atoms with van der Waals surface area (Å²) < 4.78 is 33.7. The highest BCUT2D eigenvalue weighted by molar-refractivity contribution is 5.33. The molecule has 4 rings (SSSR count). The summed E-state index contributed by atoms with van der Waals surface area (Å²) in [6.07, 6.45) is 15.8. The topological polar surface area (TPSA) is 9.23 Å². The van der Waals surface area contributed by atoms with E-state index in [1.807, 2.05) is 0 Å². The van der Waals surface area contributed by atoms with E-state index >= 15 is 0 Å². The maximum absolute atomic E-state index is 14.6. The summed E-state index contributed by atoms with van der Waals surface area (Å²) in [5, 5.41) is 0. The van der Waals surface area contributed by atoms with Crippen LogP contribution in [0.2, 0.25) is 0 Å². The zero-order chi connectivity index (χ0) is 20.4. The molecule has 0 saturated heterocycles. The average molecular weight is 405 g/mol. The SMILES string of the molecule is CCCC1CCC(C2CCC3CC(c4ccc(OC)c(F)c4F)CCC3C2)CC1. The van der Waals surface area contributed by atoms with E-state index in [9.17, 15) is 8.78 Å². The van der Waals surface area contributed by atoms with Gasteiger partial charge in [-0.1, -0.05) is 38.7 Å². The van der Waals surface area contributed by atoms with Crippen LogP contribution in [0.25, 0.3) is 0 Å². The molecule has 29 heavy (non-hydrogen) atoms. The van der Waals surface area contributed by atoms with Gasteiger partial charge < -0.3 is 4.74 Å². The summed E-state index contributed by atoms with van der Waals surface area (Å²) in [4.78, 5) is 0. The van der Waals surface area contributed by atoms with E-state index in [4.69, 9.17) is 4.74 Å². The lowest BCUT2D eigenvalue weighted by atomic mass is 9.60. The minimum atomic E-state index is -0.825. The molecule has 1 nitrogen and oxygen atoms in total. The molecule has 3 aliphatic rings. The molecule has 0 heterocycles. The van der Waals surface area contributed by atoms with Gasteiger partial charge in [-0.05, 0) is 98.5 Å². The molecule has 4 unspecified atom stereocenters. The standard InChI is InChI=1S/C26H38F2O/c1-3-4-17-5-7-18(8-6-17)19-9-10-21-16-22(12-11-20(21)15-19)23-13-14-24(29-2)26(28)25(23)27/h13-14,17-22H,3-12,15-16H2,1-2H3. The van der Waals surface area contributed by atoms with Crippen molar-refractivity contribution in [3.8, 4) is 5.75 Å². The van der Waals surface area contributed by atoms with Crippen LogP contribution in [-0.2, 0) is 0 Å². The van der Waals surface area contributed by atoms with E-state index in [1.54, 1.807) is 12.1 Å². The number of rotatable bonds is 5. The summed E-state index contributed by atoms with van der Waals surface area (Å²) in [6.45, 7) is 2.32. The summed E-state index contributed by atoms with van der Waals surface area (Å²) in [6, 6.07) is 3.34. The van der Waals surface area contributed by atoms with Crippen LogP contribution in [-0.4, -0.2) is 7.11 Å². The van der Waals surface area contributed by atoms with Gasteiger partial charge in [0.05, 0.1) is 7.11 Å². The van der Waals surface area contributed by atoms with Gasteiger partial charge in [0.1, 0.15) is 0 Å². The molecule has 162 valence electrons. The Labute approximate surface area is 175 Å². The van der Waals surface area contributed by atoms with E-state index in [0.717, 1.165) is 36.5 Å². The van der Waals surface area contributed by atoms with Gasteiger partial charge in [0.2, 0.25) is 5.82 Å². The van der Waals surface area contributed by atoms with Gasteiger partial charge in [0.25, 0.3) is 0 Å². The molecule has 0 aromatic heterocycles. The van der Waals surface area contributed by atoms with Gasteiger partial charge in [0, 0.05) is 0 Å². The van der Waals surface area contributed by atoms with Crippen molar-refractivity contribution in [2.75, 3.05) is 7.11 Å². The lowest BCUT2D eigenvalue weighted by Gasteiger charge is -2.45. The molecule has 0 bridgehead atoms. The smallest absolute Gasteiger partial charge is 0.200 e. The van der Waals surface area contributed by atoms with E-state index in [-0.39, 0.29) is 11.7 Å². The van der Waals surface area contributed by atoms with Crippen molar-refractivity contribution in [3.63, 3.8) is 0 Å². The molecule has 0 aliphatic heterocycles. The van der Waals surface area contributed by atoms with Crippen molar-refractivity contribution >= 4 is 0 Å². The van der Waals surface area contributed by atoms with Crippen molar-refractivity contribution in [2.24, 2.45) is 29.6 Å². The van der Waals surface area contributed by atoms with Crippen LogP contribution in [0, 0.1) is 41.2 Å². The zero-order valence-corrected chi connectivity index (χ0v) is 18.3. The average Bonchev–Trinajstić information content (AvgIpc) is 2.76. The van der Waals surface area contributed by atoms with Crippen molar-refractivity contribution < 1.29 is 13.5 Å². The predicted molar refractivity (Wildman–Crippen MR) is 114 cm³/mol. The largest absolute Gasteiger partial charge is 0.494 e. The lowest BCUT2D eigenvalue weighted by Crippen LogP contribution is -2.34. The zero-order valence-electron chi connectivity index (χ0n) is 18.3. The number of ether oxygens (including phenoxy) is 1. The number of methoxy groups -OCH3 is 1. The number of benzene rings is 1. The maximum Gasteiger partial charge on any atom is 0.200 e. The molecule has 3 aliphatic carbocycles. The summed E-state index contributed by atoms with van der Waals surface area (Å²) in [7, 11) is 1.39. The number of hydrogen-bond acceptors (Lipinski definition) is 1. The Bertz CT molecular complexity index is 680. The first kappa shape index (κ1) is 21.1. The summed E-state index contributed by atoms with van der Waals surface area (Å²) in [5.74, 6) is 3.03. The van der Waals surface area contributed by atoms with Crippen LogP contribution >= 0.6 is 0 Å². The van der Waals surface area contributed by atoms with Gasteiger partial charge in [-0.2, -0.15) is 4.39 Å². The van der Waals surface area contributed by atoms with Crippen LogP contribution < -0.4 is 4.74 Å². The second-order valence-corrected chi connectivity index (χ2v) is 10.2. The second-order valence-electron chi connectivity index (χ2n) is 10.2. The molecule has 4 atom stereocenters. The van der Waals surface area contributed by atoms with Crippen LogP contribution in [0.3, 0.4) is 0 Å². The third-order valence-corrected chi connectivity index (χ3v) is 8.65. The van der Waals surface area contributed by atoms with E-state index in [2.05, 4.69) is 6.92 Å².